The molecule has 0 aromatic heterocycles. The Bertz CT molecular complexity index is 875. The van der Waals surface area contributed by atoms with Crippen LogP contribution in [0.25, 0.3) is 0 Å². The zero-order valence-electron chi connectivity index (χ0n) is 21.0. The van der Waals surface area contributed by atoms with Gasteiger partial charge in [-0.1, -0.05) is 113 Å². The zero-order chi connectivity index (χ0) is 23.9. The van der Waals surface area contributed by atoms with Crippen molar-refractivity contribution in [2.75, 3.05) is 7.11 Å². The summed E-state index contributed by atoms with van der Waals surface area (Å²) in [6, 6.07) is 21.7. The minimum atomic E-state index is -2.57. The van der Waals surface area contributed by atoms with E-state index in [0.717, 1.165) is 32.1 Å². The molecule has 1 aliphatic carbocycles. The molecule has 0 unspecified atom stereocenters. The van der Waals surface area contributed by atoms with Gasteiger partial charge in [-0.15, -0.1) is 0 Å². The third-order valence-corrected chi connectivity index (χ3v) is 12.0. The lowest BCUT2D eigenvalue weighted by atomic mass is 9.90. The average molecular weight is 465 g/mol. The summed E-state index contributed by atoms with van der Waals surface area (Å²) in [5.74, 6) is 0.138. The standard InChI is InChI=1S/C29H40O3Si/c1-6-7-14-23(22-28(30)31-5)24-19-20-25(21-24)32-33(29(2,3)4,26-15-10-8-11-16-26)27-17-12-9-13-18-27/h8-13,15-19,23,25H,6-7,14,20-22H2,1-5H3/t23-,25+/m1/s1. The van der Waals surface area contributed by atoms with Crippen molar-refractivity contribution < 1.29 is 14.0 Å². The molecule has 178 valence electrons. The Hall–Kier alpha value is -2.17. The van der Waals surface area contributed by atoms with Crippen molar-refractivity contribution >= 4 is 24.7 Å². The van der Waals surface area contributed by atoms with Crippen molar-refractivity contribution in [1.82, 2.24) is 0 Å². The van der Waals surface area contributed by atoms with E-state index in [4.69, 9.17) is 9.16 Å². The first-order valence-electron chi connectivity index (χ1n) is 12.4. The number of unbranched alkanes of at least 4 members (excludes halogenated alkanes) is 1. The van der Waals surface area contributed by atoms with Crippen LogP contribution in [0.4, 0.5) is 0 Å². The van der Waals surface area contributed by atoms with E-state index in [-0.39, 0.29) is 23.0 Å². The summed E-state index contributed by atoms with van der Waals surface area (Å²) in [5.41, 5.74) is 1.37. The largest absolute Gasteiger partial charge is 0.469 e. The number of hydrogen-bond acceptors (Lipinski definition) is 3. The highest BCUT2D eigenvalue weighted by molar-refractivity contribution is 6.99. The van der Waals surface area contributed by atoms with E-state index in [1.165, 1.54) is 23.1 Å². The van der Waals surface area contributed by atoms with Gasteiger partial charge in [0.05, 0.1) is 19.6 Å². The summed E-state index contributed by atoms with van der Waals surface area (Å²) in [6.45, 7) is 9.17. The number of esters is 1. The maximum atomic E-state index is 12.1. The molecule has 0 amide bonds. The molecule has 0 fully saturated rings. The van der Waals surface area contributed by atoms with Crippen LogP contribution in [0.15, 0.2) is 72.3 Å². The summed E-state index contributed by atoms with van der Waals surface area (Å²) < 4.78 is 12.3. The Morgan fingerprint density at radius 3 is 2.09 bits per heavy atom. The molecular weight excluding hydrogens is 424 g/mol. The van der Waals surface area contributed by atoms with Crippen LogP contribution in [0.3, 0.4) is 0 Å². The van der Waals surface area contributed by atoms with Crippen molar-refractivity contribution in [2.24, 2.45) is 5.92 Å². The van der Waals surface area contributed by atoms with Gasteiger partial charge in [0.15, 0.2) is 0 Å². The third-order valence-electron chi connectivity index (χ3n) is 6.94. The lowest BCUT2D eigenvalue weighted by molar-refractivity contribution is -0.141. The highest BCUT2D eigenvalue weighted by atomic mass is 28.4. The maximum absolute atomic E-state index is 12.1. The van der Waals surface area contributed by atoms with Gasteiger partial charge in [0.25, 0.3) is 8.32 Å². The number of methoxy groups -OCH3 is 1. The molecule has 0 saturated heterocycles. The van der Waals surface area contributed by atoms with Gasteiger partial charge >= 0.3 is 5.97 Å². The first-order valence-corrected chi connectivity index (χ1v) is 14.3. The second-order valence-electron chi connectivity index (χ2n) is 10.2. The zero-order valence-corrected chi connectivity index (χ0v) is 22.0. The Morgan fingerprint density at radius 1 is 1.03 bits per heavy atom. The van der Waals surface area contributed by atoms with Gasteiger partial charge in [-0.05, 0) is 40.6 Å². The molecule has 33 heavy (non-hydrogen) atoms. The molecule has 0 heterocycles. The molecule has 2 atom stereocenters. The smallest absolute Gasteiger partial charge is 0.306 e. The number of carbonyl (C=O) groups is 1. The predicted molar refractivity (Wildman–Crippen MR) is 139 cm³/mol. The van der Waals surface area contributed by atoms with Gasteiger partial charge in [-0.2, -0.15) is 0 Å². The van der Waals surface area contributed by atoms with E-state index in [2.05, 4.69) is 94.4 Å². The van der Waals surface area contributed by atoms with E-state index in [9.17, 15) is 4.79 Å². The van der Waals surface area contributed by atoms with Gasteiger partial charge in [0, 0.05) is 0 Å². The van der Waals surface area contributed by atoms with Crippen LogP contribution >= 0.6 is 0 Å². The van der Waals surface area contributed by atoms with Crippen LogP contribution in [-0.2, 0) is 14.0 Å². The monoisotopic (exact) mass is 464 g/mol. The number of ether oxygens (including phenoxy) is 1. The van der Waals surface area contributed by atoms with Crippen LogP contribution in [0.2, 0.25) is 5.04 Å². The number of benzene rings is 2. The SMILES string of the molecule is CCCC[C@H](CC(=O)OC)C1=CC[C@H](O[Si](c2ccccc2)(c2ccccc2)C(C)(C)C)C1. The van der Waals surface area contributed by atoms with Crippen LogP contribution in [0.1, 0.15) is 66.2 Å². The van der Waals surface area contributed by atoms with Crippen LogP contribution in [0.5, 0.6) is 0 Å². The second kappa shape index (κ2) is 11.3. The van der Waals surface area contributed by atoms with Gasteiger partial charge in [-0.3, -0.25) is 4.79 Å². The number of hydrogen-bond donors (Lipinski definition) is 0. The number of carbonyl (C=O) groups excluding carboxylic acids is 1. The molecule has 1 aliphatic rings. The predicted octanol–water partition coefficient (Wildman–Crippen LogP) is 6.02. The fourth-order valence-electron chi connectivity index (χ4n) is 5.23. The molecule has 0 bridgehead atoms. The topological polar surface area (TPSA) is 35.5 Å². The molecular formula is C29H40O3Si. The Morgan fingerprint density at radius 2 is 1.61 bits per heavy atom. The van der Waals surface area contributed by atoms with Crippen molar-refractivity contribution in [1.29, 1.82) is 0 Å². The third kappa shape index (κ3) is 5.85. The molecule has 3 nitrogen and oxygen atoms in total. The molecule has 0 aliphatic heterocycles. The Balaban J connectivity index is 1.91. The molecule has 0 spiro atoms. The fraction of sp³-hybridized carbons (Fsp3) is 0.483. The van der Waals surface area contributed by atoms with E-state index in [1.54, 1.807) is 0 Å². The summed E-state index contributed by atoms with van der Waals surface area (Å²) in [5, 5.41) is 2.59. The van der Waals surface area contributed by atoms with E-state index in [1.807, 2.05) is 0 Å². The van der Waals surface area contributed by atoms with Crippen molar-refractivity contribution in [3.63, 3.8) is 0 Å². The molecule has 3 rings (SSSR count). The first kappa shape index (κ1) is 25.4. The van der Waals surface area contributed by atoms with E-state index in [0.29, 0.717) is 6.42 Å². The highest BCUT2D eigenvalue weighted by Crippen LogP contribution is 2.41. The summed E-state index contributed by atoms with van der Waals surface area (Å²) >= 11 is 0. The van der Waals surface area contributed by atoms with Gasteiger partial charge in [0.2, 0.25) is 0 Å². The fourth-order valence-corrected chi connectivity index (χ4v) is 9.92. The van der Waals surface area contributed by atoms with E-state index < -0.39 is 8.32 Å². The van der Waals surface area contributed by atoms with Crippen molar-refractivity contribution in [3.8, 4) is 0 Å². The second-order valence-corrected chi connectivity index (χ2v) is 14.5. The average Bonchev–Trinajstić information content (AvgIpc) is 3.28. The minimum absolute atomic E-state index is 0.0356. The summed E-state index contributed by atoms with van der Waals surface area (Å²) in [6.07, 6.45) is 8.03. The van der Waals surface area contributed by atoms with Gasteiger partial charge < -0.3 is 9.16 Å². The molecule has 0 radical (unpaired) electrons. The lowest BCUT2D eigenvalue weighted by Crippen LogP contribution is -2.67. The van der Waals surface area contributed by atoms with Crippen molar-refractivity contribution in [3.05, 3.63) is 72.3 Å². The van der Waals surface area contributed by atoms with E-state index >= 15 is 0 Å². The van der Waals surface area contributed by atoms with Gasteiger partial charge in [-0.25, -0.2) is 0 Å². The summed E-state index contributed by atoms with van der Waals surface area (Å²) in [7, 11) is -1.08. The maximum Gasteiger partial charge on any atom is 0.306 e. The van der Waals surface area contributed by atoms with Gasteiger partial charge in [0.1, 0.15) is 0 Å². The van der Waals surface area contributed by atoms with Crippen molar-refractivity contribution in [2.45, 2.75) is 77.4 Å². The normalized spacial score (nSPS) is 17.5. The van der Waals surface area contributed by atoms with Crippen LogP contribution in [-0.4, -0.2) is 27.5 Å². The Labute approximate surface area is 201 Å². The van der Waals surface area contributed by atoms with Crippen LogP contribution < -0.4 is 10.4 Å². The summed E-state index contributed by atoms with van der Waals surface area (Å²) in [4.78, 5) is 12.1. The highest BCUT2D eigenvalue weighted by Gasteiger charge is 2.51. The lowest BCUT2D eigenvalue weighted by Gasteiger charge is -2.44. The quantitative estimate of drug-likeness (QED) is 0.245. The molecule has 2 aromatic rings. The molecule has 4 heteroatoms. The molecule has 2 aromatic carbocycles. The minimum Gasteiger partial charge on any atom is -0.469 e. The molecule has 0 N–H and O–H groups in total. The molecule has 0 saturated carbocycles. The first-order chi connectivity index (χ1) is 15.8. The van der Waals surface area contributed by atoms with Crippen LogP contribution in [0, 0.1) is 5.92 Å². The number of rotatable bonds is 10. The Kier molecular flexibility index (Phi) is 8.72.